The third kappa shape index (κ3) is 3.22. The van der Waals surface area contributed by atoms with Gasteiger partial charge in [-0.15, -0.1) is 11.3 Å². The Balaban J connectivity index is 1.80. The van der Waals surface area contributed by atoms with Gasteiger partial charge in [0.15, 0.2) is 0 Å². The molecule has 0 unspecified atom stereocenters. The summed E-state index contributed by atoms with van der Waals surface area (Å²) in [6.07, 6.45) is 6.16. The second kappa shape index (κ2) is 7.23. The molecule has 0 spiro atoms. The standard InChI is InChI=1S/C18H25NO4S/c1-23-10-8-18(17(21)22)7-4-9-19(12-18)16(20)14-11-24-15-6-3-2-5-13(14)15/h11H,2-10,12H2,1H3,(H,21,22)/t18-/m0/s1. The lowest BCUT2D eigenvalue weighted by atomic mass is 9.77. The Morgan fingerprint density at radius 3 is 2.88 bits per heavy atom. The second-order valence-corrected chi connectivity index (χ2v) is 7.88. The fourth-order valence-electron chi connectivity index (χ4n) is 3.93. The van der Waals surface area contributed by atoms with Crippen LogP contribution in [-0.2, 0) is 22.4 Å². The van der Waals surface area contributed by atoms with Gasteiger partial charge in [-0.1, -0.05) is 0 Å². The van der Waals surface area contributed by atoms with E-state index in [0.29, 0.717) is 26.0 Å². The number of ether oxygens (including phenoxy) is 1. The van der Waals surface area contributed by atoms with E-state index in [0.717, 1.165) is 31.2 Å². The van der Waals surface area contributed by atoms with Gasteiger partial charge in [0.1, 0.15) is 0 Å². The minimum Gasteiger partial charge on any atom is -0.481 e. The highest BCUT2D eigenvalue weighted by molar-refractivity contribution is 7.10. The zero-order valence-corrected chi connectivity index (χ0v) is 15.0. The van der Waals surface area contributed by atoms with Crippen LogP contribution in [0.4, 0.5) is 0 Å². The number of aliphatic carboxylic acids is 1. The molecule has 1 aromatic rings. The van der Waals surface area contributed by atoms with Gasteiger partial charge < -0.3 is 14.7 Å². The molecule has 1 aliphatic heterocycles. The third-order valence-electron chi connectivity index (χ3n) is 5.39. The lowest BCUT2D eigenvalue weighted by Gasteiger charge is -2.40. The Morgan fingerprint density at radius 2 is 2.12 bits per heavy atom. The van der Waals surface area contributed by atoms with Crippen molar-refractivity contribution in [3.8, 4) is 0 Å². The Labute approximate surface area is 146 Å². The summed E-state index contributed by atoms with van der Waals surface area (Å²) in [5.74, 6) is -0.804. The topological polar surface area (TPSA) is 66.8 Å². The highest BCUT2D eigenvalue weighted by Crippen LogP contribution is 2.36. The monoisotopic (exact) mass is 351 g/mol. The van der Waals surface area contributed by atoms with Gasteiger partial charge in [0.05, 0.1) is 11.0 Å². The summed E-state index contributed by atoms with van der Waals surface area (Å²) in [6.45, 7) is 1.34. The van der Waals surface area contributed by atoms with Crippen LogP contribution in [0.5, 0.6) is 0 Å². The summed E-state index contributed by atoms with van der Waals surface area (Å²) in [4.78, 5) is 28.0. The Morgan fingerprint density at radius 1 is 1.33 bits per heavy atom. The number of carboxylic acids is 1. The van der Waals surface area contributed by atoms with Crippen LogP contribution in [0.15, 0.2) is 5.38 Å². The molecule has 0 aromatic carbocycles. The molecule has 1 amide bonds. The van der Waals surface area contributed by atoms with E-state index in [1.54, 1.807) is 23.3 Å². The molecule has 1 fully saturated rings. The third-order valence-corrected chi connectivity index (χ3v) is 6.48. The van der Waals surface area contributed by atoms with Gasteiger partial charge in [0.25, 0.3) is 5.91 Å². The number of hydrogen-bond acceptors (Lipinski definition) is 4. The maximum atomic E-state index is 13.0. The molecule has 24 heavy (non-hydrogen) atoms. The number of aryl methyl sites for hydroxylation is 1. The van der Waals surface area contributed by atoms with E-state index in [4.69, 9.17) is 4.74 Å². The number of methoxy groups -OCH3 is 1. The average molecular weight is 351 g/mol. The number of hydrogen-bond donors (Lipinski definition) is 1. The van der Waals surface area contributed by atoms with E-state index in [1.165, 1.54) is 16.9 Å². The molecule has 3 rings (SSSR count). The molecular formula is C18H25NO4S. The van der Waals surface area contributed by atoms with Crippen LogP contribution in [-0.4, -0.2) is 48.7 Å². The molecule has 0 radical (unpaired) electrons. The molecule has 2 aliphatic rings. The molecule has 1 atom stereocenters. The summed E-state index contributed by atoms with van der Waals surface area (Å²) in [7, 11) is 1.58. The predicted molar refractivity (Wildman–Crippen MR) is 92.7 cm³/mol. The van der Waals surface area contributed by atoms with Crippen LogP contribution in [0.2, 0.25) is 0 Å². The first-order valence-corrected chi connectivity index (χ1v) is 9.56. The van der Waals surface area contributed by atoms with Crippen molar-refractivity contribution >= 4 is 23.2 Å². The maximum Gasteiger partial charge on any atom is 0.311 e. The highest BCUT2D eigenvalue weighted by Gasteiger charge is 2.43. The molecule has 132 valence electrons. The van der Waals surface area contributed by atoms with Gasteiger partial charge in [0, 0.05) is 37.1 Å². The number of likely N-dealkylation sites (tertiary alicyclic amines) is 1. The van der Waals surface area contributed by atoms with E-state index in [9.17, 15) is 14.7 Å². The number of carbonyl (C=O) groups excluding carboxylic acids is 1. The number of piperidine rings is 1. The van der Waals surface area contributed by atoms with Gasteiger partial charge in [-0.25, -0.2) is 0 Å². The van der Waals surface area contributed by atoms with Crippen molar-refractivity contribution in [2.45, 2.75) is 44.9 Å². The number of rotatable bonds is 5. The van der Waals surface area contributed by atoms with Crippen molar-refractivity contribution in [2.75, 3.05) is 26.8 Å². The molecule has 1 aliphatic carbocycles. The smallest absolute Gasteiger partial charge is 0.311 e. The van der Waals surface area contributed by atoms with E-state index >= 15 is 0 Å². The lowest BCUT2D eigenvalue weighted by Crippen LogP contribution is -2.50. The Bertz CT molecular complexity index is 627. The molecule has 0 bridgehead atoms. The minimum atomic E-state index is -0.875. The summed E-state index contributed by atoms with van der Waals surface area (Å²) >= 11 is 1.68. The molecule has 1 saturated heterocycles. The number of fused-ring (bicyclic) bond motifs is 1. The normalized spacial score (nSPS) is 23.8. The zero-order chi connectivity index (χ0) is 17.2. The van der Waals surface area contributed by atoms with E-state index in [2.05, 4.69) is 0 Å². The minimum absolute atomic E-state index is 0.0112. The number of carboxylic acid groups (broad SMARTS) is 1. The summed E-state index contributed by atoms with van der Waals surface area (Å²) < 4.78 is 5.10. The number of nitrogens with zero attached hydrogens (tertiary/aromatic N) is 1. The number of amides is 1. The van der Waals surface area contributed by atoms with Crippen LogP contribution in [0, 0.1) is 5.41 Å². The SMILES string of the molecule is COCC[C@@]1(C(=O)O)CCCN(C(=O)c2csc3c2CCCC3)C1. The predicted octanol–water partition coefficient (Wildman–Crippen LogP) is 2.97. The maximum absolute atomic E-state index is 13.0. The Hall–Kier alpha value is -1.40. The van der Waals surface area contributed by atoms with Crippen molar-refractivity contribution in [3.63, 3.8) is 0 Å². The quantitative estimate of drug-likeness (QED) is 0.886. The van der Waals surface area contributed by atoms with E-state index < -0.39 is 11.4 Å². The molecular weight excluding hydrogens is 326 g/mol. The first kappa shape index (κ1) is 17.4. The van der Waals surface area contributed by atoms with Crippen LogP contribution in [0.3, 0.4) is 0 Å². The summed E-state index contributed by atoms with van der Waals surface area (Å²) in [5.41, 5.74) is 1.14. The average Bonchev–Trinajstić information content (AvgIpc) is 3.03. The molecule has 6 heteroatoms. The van der Waals surface area contributed by atoms with Gasteiger partial charge in [-0.3, -0.25) is 9.59 Å². The van der Waals surface area contributed by atoms with Crippen LogP contribution in [0.1, 0.15) is 52.9 Å². The summed E-state index contributed by atoms with van der Waals surface area (Å²) in [6, 6.07) is 0. The van der Waals surface area contributed by atoms with Gasteiger partial charge in [0.2, 0.25) is 0 Å². The van der Waals surface area contributed by atoms with E-state index in [-0.39, 0.29) is 12.5 Å². The zero-order valence-electron chi connectivity index (χ0n) is 14.2. The van der Waals surface area contributed by atoms with Crippen LogP contribution in [0.25, 0.3) is 0 Å². The fraction of sp³-hybridized carbons (Fsp3) is 0.667. The molecule has 5 nitrogen and oxygen atoms in total. The molecule has 0 saturated carbocycles. The van der Waals surface area contributed by atoms with Crippen LogP contribution >= 0.6 is 11.3 Å². The van der Waals surface area contributed by atoms with Crippen molar-refractivity contribution in [3.05, 3.63) is 21.4 Å². The summed E-state index contributed by atoms with van der Waals surface area (Å²) in [5, 5.41) is 11.7. The number of thiophene rings is 1. The Kier molecular flexibility index (Phi) is 5.25. The molecule has 1 N–H and O–H groups in total. The van der Waals surface area contributed by atoms with Crippen molar-refractivity contribution < 1.29 is 19.4 Å². The van der Waals surface area contributed by atoms with Crippen molar-refractivity contribution in [2.24, 2.45) is 5.41 Å². The second-order valence-electron chi connectivity index (χ2n) is 6.92. The molecule has 2 heterocycles. The largest absolute Gasteiger partial charge is 0.481 e. The van der Waals surface area contributed by atoms with Gasteiger partial charge in [-0.2, -0.15) is 0 Å². The first-order chi connectivity index (χ1) is 11.6. The van der Waals surface area contributed by atoms with Crippen molar-refractivity contribution in [1.82, 2.24) is 4.90 Å². The van der Waals surface area contributed by atoms with Crippen molar-refractivity contribution in [1.29, 1.82) is 0 Å². The lowest BCUT2D eigenvalue weighted by molar-refractivity contribution is -0.153. The molecule has 1 aromatic heterocycles. The number of carbonyl (C=O) groups is 2. The first-order valence-electron chi connectivity index (χ1n) is 8.68. The fourth-order valence-corrected chi connectivity index (χ4v) is 5.05. The van der Waals surface area contributed by atoms with E-state index in [1.807, 2.05) is 5.38 Å². The van der Waals surface area contributed by atoms with Gasteiger partial charge in [-0.05, 0) is 50.5 Å². The van der Waals surface area contributed by atoms with Gasteiger partial charge >= 0.3 is 5.97 Å². The highest BCUT2D eigenvalue weighted by atomic mass is 32.1. The van der Waals surface area contributed by atoms with Crippen LogP contribution < -0.4 is 0 Å².